The van der Waals surface area contributed by atoms with Crippen LogP contribution in [-0.2, 0) is 14.3 Å². The first-order chi connectivity index (χ1) is 11.5. The Morgan fingerprint density at radius 1 is 1.00 bits per heavy atom. The Morgan fingerprint density at radius 3 is 2.21 bits per heavy atom. The molecule has 0 saturated heterocycles. The number of benzene rings is 2. The molecule has 0 fully saturated rings. The SMILES string of the molecule is CC[C@H](C(=O)OCC(=O)Nc1c(C)cccc1C)c1ccccc1. The molecule has 4 nitrogen and oxygen atoms in total. The molecule has 2 rings (SSSR count). The van der Waals surface area contributed by atoms with E-state index in [1.54, 1.807) is 0 Å². The van der Waals surface area contributed by atoms with Gasteiger partial charge in [-0.05, 0) is 37.0 Å². The molecule has 0 aliphatic carbocycles. The molecule has 2 aromatic rings. The second-order valence-electron chi connectivity index (χ2n) is 5.79. The monoisotopic (exact) mass is 325 g/mol. The zero-order valence-electron chi connectivity index (χ0n) is 14.3. The van der Waals surface area contributed by atoms with Crippen molar-refractivity contribution in [2.75, 3.05) is 11.9 Å². The van der Waals surface area contributed by atoms with Gasteiger partial charge in [0.1, 0.15) is 0 Å². The van der Waals surface area contributed by atoms with Crippen LogP contribution < -0.4 is 5.32 Å². The first-order valence-electron chi connectivity index (χ1n) is 8.10. The number of carbonyl (C=O) groups excluding carboxylic acids is 2. The van der Waals surface area contributed by atoms with Gasteiger partial charge in [-0.25, -0.2) is 0 Å². The summed E-state index contributed by atoms with van der Waals surface area (Å²) in [6.45, 7) is 5.50. The molecule has 0 aliphatic heterocycles. The van der Waals surface area contributed by atoms with Crippen molar-refractivity contribution in [2.24, 2.45) is 0 Å². The predicted molar refractivity (Wildman–Crippen MR) is 95.0 cm³/mol. The number of rotatable bonds is 6. The highest BCUT2D eigenvalue weighted by atomic mass is 16.5. The maximum Gasteiger partial charge on any atom is 0.313 e. The van der Waals surface area contributed by atoms with Crippen molar-refractivity contribution >= 4 is 17.6 Å². The van der Waals surface area contributed by atoms with Crippen LogP contribution >= 0.6 is 0 Å². The fourth-order valence-electron chi connectivity index (χ4n) is 2.65. The highest BCUT2D eigenvalue weighted by Gasteiger charge is 2.21. The Balaban J connectivity index is 1.94. The normalized spacial score (nSPS) is 11.6. The zero-order chi connectivity index (χ0) is 17.5. The molecule has 126 valence electrons. The van der Waals surface area contributed by atoms with Gasteiger partial charge in [0.15, 0.2) is 6.61 Å². The van der Waals surface area contributed by atoms with Gasteiger partial charge < -0.3 is 10.1 Å². The van der Waals surface area contributed by atoms with Crippen LogP contribution in [0.3, 0.4) is 0 Å². The summed E-state index contributed by atoms with van der Waals surface area (Å²) in [4.78, 5) is 24.3. The fourth-order valence-corrected chi connectivity index (χ4v) is 2.65. The summed E-state index contributed by atoms with van der Waals surface area (Å²) in [5.74, 6) is -1.05. The number of ether oxygens (including phenoxy) is 1. The zero-order valence-corrected chi connectivity index (χ0v) is 14.3. The number of aryl methyl sites for hydroxylation is 2. The topological polar surface area (TPSA) is 55.4 Å². The van der Waals surface area contributed by atoms with Gasteiger partial charge in [0.25, 0.3) is 5.91 Å². The van der Waals surface area contributed by atoms with E-state index in [2.05, 4.69) is 5.32 Å². The molecule has 1 atom stereocenters. The first-order valence-corrected chi connectivity index (χ1v) is 8.10. The molecule has 0 spiro atoms. The molecule has 1 amide bonds. The van der Waals surface area contributed by atoms with E-state index in [9.17, 15) is 9.59 Å². The Bertz CT molecular complexity index is 690. The number of hydrogen-bond acceptors (Lipinski definition) is 3. The van der Waals surface area contributed by atoms with Crippen LogP contribution in [0.5, 0.6) is 0 Å². The lowest BCUT2D eigenvalue weighted by Gasteiger charge is -2.15. The molecule has 0 radical (unpaired) electrons. The van der Waals surface area contributed by atoms with Crippen molar-refractivity contribution in [1.82, 2.24) is 0 Å². The second kappa shape index (κ2) is 8.29. The smallest absolute Gasteiger partial charge is 0.313 e. The van der Waals surface area contributed by atoms with E-state index in [0.29, 0.717) is 6.42 Å². The van der Waals surface area contributed by atoms with Crippen molar-refractivity contribution < 1.29 is 14.3 Å². The lowest BCUT2D eigenvalue weighted by Crippen LogP contribution is -2.24. The maximum absolute atomic E-state index is 12.3. The average Bonchev–Trinajstić information content (AvgIpc) is 2.58. The van der Waals surface area contributed by atoms with Crippen molar-refractivity contribution in [2.45, 2.75) is 33.1 Å². The number of anilines is 1. The van der Waals surface area contributed by atoms with Crippen molar-refractivity contribution in [3.05, 3.63) is 65.2 Å². The Hall–Kier alpha value is -2.62. The van der Waals surface area contributed by atoms with Gasteiger partial charge >= 0.3 is 5.97 Å². The quantitative estimate of drug-likeness (QED) is 0.817. The third-order valence-corrected chi connectivity index (χ3v) is 3.99. The molecule has 0 aromatic heterocycles. The number of esters is 1. The predicted octanol–water partition coefficient (Wildman–Crippen LogP) is 3.98. The van der Waals surface area contributed by atoms with Gasteiger partial charge in [0, 0.05) is 5.69 Å². The van der Waals surface area contributed by atoms with Gasteiger partial charge in [-0.15, -0.1) is 0 Å². The molecule has 2 aromatic carbocycles. The lowest BCUT2D eigenvalue weighted by atomic mass is 9.97. The van der Waals surface area contributed by atoms with E-state index >= 15 is 0 Å². The van der Waals surface area contributed by atoms with Crippen LogP contribution in [0.25, 0.3) is 0 Å². The standard InChI is InChI=1S/C20H23NO3/c1-4-17(16-11-6-5-7-12-16)20(23)24-13-18(22)21-19-14(2)9-8-10-15(19)3/h5-12,17H,4,13H2,1-3H3,(H,21,22)/t17-/m0/s1. The minimum absolute atomic E-state index is 0.282. The van der Waals surface area contributed by atoms with Gasteiger partial charge in [-0.3, -0.25) is 9.59 Å². The average molecular weight is 325 g/mol. The highest BCUT2D eigenvalue weighted by Crippen LogP contribution is 2.21. The molecule has 1 N–H and O–H groups in total. The molecular weight excluding hydrogens is 302 g/mol. The number of hydrogen-bond donors (Lipinski definition) is 1. The van der Waals surface area contributed by atoms with E-state index in [1.807, 2.05) is 69.3 Å². The van der Waals surface area contributed by atoms with E-state index in [1.165, 1.54) is 0 Å². The summed E-state index contributed by atoms with van der Waals surface area (Å²) in [6.07, 6.45) is 0.626. The Kier molecular flexibility index (Phi) is 6.13. The van der Waals surface area contributed by atoms with Gasteiger partial charge in [-0.1, -0.05) is 55.5 Å². The Labute approximate surface area is 142 Å². The van der Waals surface area contributed by atoms with Crippen molar-refractivity contribution in [3.8, 4) is 0 Å². The maximum atomic E-state index is 12.3. The lowest BCUT2D eigenvalue weighted by molar-refractivity contribution is -0.149. The number of nitrogens with one attached hydrogen (secondary N) is 1. The molecule has 0 heterocycles. The summed E-state index contributed by atoms with van der Waals surface area (Å²) in [7, 11) is 0. The van der Waals surface area contributed by atoms with Crippen LogP contribution in [0.15, 0.2) is 48.5 Å². The summed E-state index contributed by atoms with van der Waals surface area (Å²) in [6, 6.07) is 15.3. The van der Waals surface area contributed by atoms with Crippen LogP contribution in [0, 0.1) is 13.8 Å². The second-order valence-corrected chi connectivity index (χ2v) is 5.79. The van der Waals surface area contributed by atoms with Crippen LogP contribution in [-0.4, -0.2) is 18.5 Å². The fraction of sp³-hybridized carbons (Fsp3) is 0.300. The van der Waals surface area contributed by atoms with Gasteiger partial charge in [0.05, 0.1) is 5.92 Å². The van der Waals surface area contributed by atoms with Crippen molar-refractivity contribution in [1.29, 1.82) is 0 Å². The largest absolute Gasteiger partial charge is 0.455 e. The minimum atomic E-state index is -0.375. The molecular formula is C20H23NO3. The van der Waals surface area contributed by atoms with Crippen LogP contribution in [0.1, 0.15) is 36.0 Å². The molecule has 0 aliphatic rings. The number of para-hydroxylation sites is 1. The first kappa shape index (κ1) is 17.7. The molecule has 4 heteroatoms. The van der Waals surface area contributed by atoms with Gasteiger partial charge in [0.2, 0.25) is 0 Å². The summed E-state index contributed by atoms with van der Waals surface area (Å²) in [5, 5.41) is 2.81. The molecule has 0 bridgehead atoms. The molecule has 24 heavy (non-hydrogen) atoms. The van der Waals surface area contributed by atoms with Crippen molar-refractivity contribution in [3.63, 3.8) is 0 Å². The summed E-state index contributed by atoms with van der Waals surface area (Å²) in [5.41, 5.74) is 3.63. The third kappa shape index (κ3) is 4.44. The van der Waals surface area contributed by atoms with E-state index in [0.717, 1.165) is 22.4 Å². The number of amides is 1. The Morgan fingerprint density at radius 2 is 1.62 bits per heavy atom. The van der Waals surface area contributed by atoms with E-state index in [-0.39, 0.29) is 24.4 Å². The summed E-state index contributed by atoms with van der Waals surface area (Å²) >= 11 is 0. The highest BCUT2D eigenvalue weighted by molar-refractivity contribution is 5.94. The molecule has 0 saturated carbocycles. The number of carbonyl (C=O) groups is 2. The third-order valence-electron chi connectivity index (χ3n) is 3.99. The van der Waals surface area contributed by atoms with Crippen LogP contribution in [0.2, 0.25) is 0 Å². The minimum Gasteiger partial charge on any atom is -0.455 e. The molecule has 0 unspecified atom stereocenters. The van der Waals surface area contributed by atoms with E-state index < -0.39 is 0 Å². The van der Waals surface area contributed by atoms with E-state index in [4.69, 9.17) is 4.74 Å². The van der Waals surface area contributed by atoms with Crippen LogP contribution in [0.4, 0.5) is 5.69 Å². The summed E-state index contributed by atoms with van der Waals surface area (Å²) < 4.78 is 5.21. The van der Waals surface area contributed by atoms with Gasteiger partial charge in [-0.2, -0.15) is 0 Å².